The Hall–Kier alpha value is -1.83. The number of aliphatic imine (C=N–C) groups is 1. The molecule has 0 saturated carbocycles. The maximum absolute atomic E-state index is 5.80. The Morgan fingerprint density at radius 2 is 1.88 bits per heavy atom. The molecule has 5 nitrogen and oxygen atoms in total. The molecule has 0 aliphatic rings. The highest BCUT2D eigenvalue weighted by molar-refractivity contribution is 14.0. The van der Waals surface area contributed by atoms with Crippen molar-refractivity contribution >= 4 is 29.9 Å². The molecule has 0 unspecified atom stereocenters. The molecule has 0 amide bonds. The summed E-state index contributed by atoms with van der Waals surface area (Å²) in [5.41, 5.74) is 3.37. The molecule has 136 valence electrons. The highest BCUT2D eigenvalue weighted by atomic mass is 127. The number of hydrogen-bond donors (Lipinski definition) is 2. The molecule has 1 heterocycles. The molecule has 0 aliphatic heterocycles. The van der Waals surface area contributed by atoms with Gasteiger partial charge in [-0.3, -0.25) is 4.98 Å². The van der Waals surface area contributed by atoms with Crippen molar-refractivity contribution in [2.75, 3.05) is 19.7 Å². The van der Waals surface area contributed by atoms with E-state index in [1.807, 2.05) is 37.3 Å². The predicted octanol–water partition coefficient (Wildman–Crippen LogP) is 3.45. The zero-order valence-electron chi connectivity index (χ0n) is 15.1. The van der Waals surface area contributed by atoms with Crippen LogP contribution in [0.4, 0.5) is 0 Å². The van der Waals surface area contributed by atoms with E-state index >= 15 is 0 Å². The van der Waals surface area contributed by atoms with Gasteiger partial charge in [-0.05, 0) is 56.2 Å². The fourth-order valence-electron chi connectivity index (χ4n) is 2.35. The number of halogens is 1. The Morgan fingerprint density at radius 1 is 1.12 bits per heavy atom. The van der Waals surface area contributed by atoms with E-state index in [-0.39, 0.29) is 24.0 Å². The third kappa shape index (κ3) is 8.20. The van der Waals surface area contributed by atoms with Gasteiger partial charge in [-0.2, -0.15) is 0 Å². The van der Waals surface area contributed by atoms with E-state index < -0.39 is 0 Å². The lowest BCUT2D eigenvalue weighted by Crippen LogP contribution is -2.39. The fraction of sp³-hybridized carbons (Fsp3) is 0.368. The van der Waals surface area contributed by atoms with Crippen LogP contribution in [-0.4, -0.2) is 30.6 Å². The first-order valence-electron chi connectivity index (χ1n) is 8.30. The Labute approximate surface area is 167 Å². The lowest BCUT2D eigenvalue weighted by molar-refractivity contribution is 0.321. The third-order valence-corrected chi connectivity index (χ3v) is 3.33. The molecule has 1 aromatic heterocycles. The van der Waals surface area contributed by atoms with Crippen LogP contribution in [0.5, 0.6) is 5.75 Å². The first-order valence-corrected chi connectivity index (χ1v) is 8.30. The smallest absolute Gasteiger partial charge is 0.191 e. The molecule has 2 rings (SSSR count). The summed E-state index contributed by atoms with van der Waals surface area (Å²) in [6.45, 7) is 8.82. The molecule has 2 N–H and O–H groups in total. The SMILES string of the molecule is CCNC(=NCc1ccccn1)NCCOc1cc(C)cc(C)c1.I. The summed E-state index contributed by atoms with van der Waals surface area (Å²) in [7, 11) is 0. The highest BCUT2D eigenvalue weighted by Gasteiger charge is 2.00. The number of benzene rings is 1. The number of guanidine groups is 1. The summed E-state index contributed by atoms with van der Waals surface area (Å²) in [5.74, 6) is 1.68. The number of rotatable bonds is 7. The van der Waals surface area contributed by atoms with E-state index in [1.54, 1.807) is 6.20 Å². The monoisotopic (exact) mass is 454 g/mol. The van der Waals surface area contributed by atoms with Gasteiger partial charge in [-0.25, -0.2) is 4.99 Å². The topological polar surface area (TPSA) is 58.5 Å². The second-order valence-electron chi connectivity index (χ2n) is 5.61. The van der Waals surface area contributed by atoms with Gasteiger partial charge in [0.2, 0.25) is 0 Å². The Bertz CT molecular complexity index is 641. The number of aryl methyl sites for hydroxylation is 2. The maximum Gasteiger partial charge on any atom is 0.191 e. The van der Waals surface area contributed by atoms with Crippen LogP contribution in [0.2, 0.25) is 0 Å². The van der Waals surface area contributed by atoms with E-state index in [2.05, 4.69) is 40.5 Å². The summed E-state index contributed by atoms with van der Waals surface area (Å²) in [6.07, 6.45) is 1.78. The van der Waals surface area contributed by atoms with E-state index in [0.717, 1.165) is 23.9 Å². The molecule has 0 fully saturated rings. The molecular weight excluding hydrogens is 427 g/mol. The fourth-order valence-corrected chi connectivity index (χ4v) is 2.35. The first kappa shape index (κ1) is 21.2. The lowest BCUT2D eigenvalue weighted by atomic mass is 10.1. The predicted molar refractivity (Wildman–Crippen MR) is 114 cm³/mol. The average molecular weight is 454 g/mol. The van der Waals surface area contributed by atoms with Crippen molar-refractivity contribution in [3.8, 4) is 5.75 Å². The van der Waals surface area contributed by atoms with Gasteiger partial charge in [0.25, 0.3) is 0 Å². The molecule has 0 atom stereocenters. The van der Waals surface area contributed by atoms with Crippen LogP contribution in [0.15, 0.2) is 47.6 Å². The van der Waals surface area contributed by atoms with E-state index in [1.165, 1.54) is 11.1 Å². The normalized spacial score (nSPS) is 10.8. The van der Waals surface area contributed by atoms with Gasteiger partial charge in [0, 0.05) is 12.7 Å². The van der Waals surface area contributed by atoms with Crippen molar-refractivity contribution in [2.24, 2.45) is 4.99 Å². The summed E-state index contributed by atoms with van der Waals surface area (Å²) in [6, 6.07) is 12.1. The second kappa shape index (κ2) is 11.7. The molecule has 0 spiro atoms. The Morgan fingerprint density at radius 3 is 2.52 bits per heavy atom. The minimum atomic E-state index is 0. The quantitative estimate of drug-likeness (QED) is 0.291. The molecular formula is C19H27IN4O. The largest absolute Gasteiger partial charge is 0.492 e. The molecule has 2 aromatic rings. The average Bonchev–Trinajstić information content (AvgIpc) is 2.56. The van der Waals surface area contributed by atoms with Crippen LogP contribution in [0, 0.1) is 13.8 Å². The number of ether oxygens (including phenoxy) is 1. The van der Waals surface area contributed by atoms with Crippen molar-refractivity contribution in [1.82, 2.24) is 15.6 Å². The van der Waals surface area contributed by atoms with Crippen molar-refractivity contribution in [3.05, 3.63) is 59.4 Å². The molecule has 0 saturated heterocycles. The van der Waals surface area contributed by atoms with E-state index in [0.29, 0.717) is 19.7 Å². The molecule has 0 aliphatic carbocycles. The van der Waals surface area contributed by atoms with Crippen molar-refractivity contribution in [3.63, 3.8) is 0 Å². The Balaban J connectivity index is 0.00000312. The van der Waals surface area contributed by atoms with Gasteiger partial charge in [0.05, 0.1) is 18.8 Å². The van der Waals surface area contributed by atoms with E-state index in [4.69, 9.17) is 4.74 Å². The zero-order valence-corrected chi connectivity index (χ0v) is 17.4. The number of nitrogens with zero attached hydrogens (tertiary/aromatic N) is 2. The third-order valence-electron chi connectivity index (χ3n) is 3.33. The van der Waals surface area contributed by atoms with Crippen molar-refractivity contribution < 1.29 is 4.74 Å². The van der Waals surface area contributed by atoms with Crippen LogP contribution >= 0.6 is 24.0 Å². The van der Waals surface area contributed by atoms with Crippen LogP contribution in [-0.2, 0) is 6.54 Å². The number of pyridine rings is 1. The van der Waals surface area contributed by atoms with Crippen molar-refractivity contribution in [1.29, 1.82) is 0 Å². The minimum Gasteiger partial charge on any atom is -0.492 e. The molecule has 6 heteroatoms. The summed E-state index contributed by atoms with van der Waals surface area (Å²) < 4.78 is 5.80. The van der Waals surface area contributed by atoms with Gasteiger partial charge in [0.15, 0.2) is 5.96 Å². The summed E-state index contributed by atoms with van der Waals surface area (Å²) in [5, 5.41) is 6.50. The highest BCUT2D eigenvalue weighted by Crippen LogP contribution is 2.15. The van der Waals surface area contributed by atoms with Crippen LogP contribution < -0.4 is 15.4 Å². The van der Waals surface area contributed by atoms with Gasteiger partial charge >= 0.3 is 0 Å². The van der Waals surface area contributed by atoms with Gasteiger partial charge in [0.1, 0.15) is 12.4 Å². The van der Waals surface area contributed by atoms with Gasteiger partial charge in [-0.15, -0.1) is 24.0 Å². The summed E-state index contributed by atoms with van der Waals surface area (Å²) >= 11 is 0. The second-order valence-corrected chi connectivity index (χ2v) is 5.61. The van der Waals surface area contributed by atoms with Gasteiger partial charge in [-0.1, -0.05) is 12.1 Å². The number of nitrogens with one attached hydrogen (secondary N) is 2. The van der Waals surface area contributed by atoms with Crippen molar-refractivity contribution in [2.45, 2.75) is 27.3 Å². The molecule has 1 aromatic carbocycles. The van der Waals surface area contributed by atoms with Crippen LogP contribution in [0.1, 0.15) is 23.7 Å². The Kier molecular flexibility index (Phi) is 9.91. The number of aromatic nitrogens is 1. The molecule has 25 heavy (non-hydrogen) atoms. The first-order chi connectivity index (χ1) is 11.7. The van der Waals surface area contributed by atoms with Gasteiger partial charge < -0.3 is 15.4 Å². The standard InChI is InChI=1S/C19H26N4O.HI/c1-4-20-19(23-14-17-7-5-6-8-21-17)22-9-10-24-18-12-15(2)11-16(3)13-18;/h5-8,11-13H,4,9-10,14H2,1-3H3,(H2,20,22,23);1H. The summed E-state index contributed by atoms with van der Waals surface area (Å²) in [4.78, 5) is 8.81. The number of hydrogen-bond acceptors (Lipinski definition) is 3. The molecule has 0 radical (unpaired) electrons. The lowest BCUT2D eigenvalue weighted by Gasteiger charge is -2.12. The zero-order chi connectivity index (χ0) is 17.2. The van der Waals surface area contributed by atoms with E-state index in [9.17, 15) is 0 Å². The minimum absolute atomic E-state index is 0. The van der Waals surface area contributed by atoms with Crippen LogP contribution in [0.25, 0.3) is 0 Å². The van der Waals surface area contributed by atoms with Crippen LogP contribution in [0.3, 0.4) is 0 Å². The molecule has 0 bridgehead atoms. The maximum atomic E-state index is 5.80.